The molecular weight excluding hydrogens is 282 g/mol. The third kappa shape index (κ3) is 5.85. The van der Waals surface area contributed by atoms with Crippen molar-refractivity contribution in [2.24, 2.45) is 0 Å². The van der Waals surface area contributed by atoms with E-state index in [0.717, 1.165) is 12.0 Å². The first-order chi connectivity index (χ1) is 10.3. The summed E-state index contributed by atoms with van der Waals surface area (Å²) < 4.78 is 10.8. The molecule has 1 N–H and O–H groups in total. The van der Waals surface area contributed by atoms with Crippen LogP contribution in [0.1, 0.15) is 34.1 Å². The topological polar surface area (TPSA) is 64.6 Å². The summed E-state index contributed by atoms with van der Waals surface area (Å²) in [5.41, 5.74) is 1.08. The fourth-order valence-electron chi connectivity index (χ4n) is 2.27. The molecule has 1 aliphatic rings. The Bertz CT molecular complexity index is 481. The molecule has 0 saturated heterocycles. The van der Waals surface area contributed by atoms with E-state index in [1.54, 1.807) is 13.0 Å². The smallest absolute Gasteiger partial charge is 0.303 e. The predicted octanol–water partition coefficient (Wildman–Crippen LogP) is 2.29. The predicted molar refractivity (Wildman–Crippen MR) is 85.2 cm³/mol. The van der Waals surface area contributed by atoms with Crippen molar-refractivity contribution < 1.29 is 19.1 Å². The van der Waals surface area contributed by atoms with E-state index < -0.39 is 6.10 Å². The molecule has 0 aromatic heterocycles. The summed E-state index contributed by atoms with van der Waals surface area (Å²) in [6, 6.07) is -0.178. The maximum Gasteiger partial charge on any atom is 0.303 e. The van der Waals surface area contributed by atoms with Gasteiger partial charge in [-0.15, -0.1) is 6.58 Å². The molecule has 4 atom stereocenters. The molecule has 1 heterocycles. The molecule has 5 nitrogen and oxygen atoms in total. The van der Waals surface area contributed by atoms with Gasteiger partial charge in [-0.1, -0.05) is 12.2 Å². The average molecular weight is 307 g/mol. The van der Waals surface area contributed by atoms with Crippen LogP contribution in [0, 0.1) is 0 Å². The maximum absolute atomic E-state index is 11.9. The summed E-state index contributed by atoms with van der Waals surface area (Å²) in [4.78, 5) is 22.7. The van der Waals surface area contributed by atoms with E-state index in [-0.39, 0.29) is 30.1 Å². The number of amides is 1. The first-order valence-electron chi connectivity index (χ1n) is 7.44. The van der Waals surface area contributed by atoms with Crippen LogP contribution in [0.2, 0.25) is 0 Å². The molecule has 0 aromatic rings. The van der Waals surface area contributed by atoms with Crippen molar-refractivity contribution in [1.82, 2.24) is 5.32 Å². The van der Waals surface area contributed by atoms with E-state index in [9.17, 15) is 9.59 Å². The third-order valence-corrected chi connectivity index (χ3v) is 3.40. The largest absolute Gasteiger partial charge is 0.459 e. The van der Waals surface area contributed by atoms with Gasteiger partial charge < -0.3 is 14.8 Å². The van der Waals surface area contributed by atoms with Gasteiger partial charge in [-0.2, -0.15) is 0 Å². The average Bonchev–Trinajstić information content (AvgIpc) is 2.41. The minimum absolute atomic E-state index is 0.0279. The van der Waals surface area contributed by atoms with Crippen LogP contribution in [0.4, 0.5) is 0 Å². The Hall–Kier alpha value is -1.88. The van der Waals surface area contributed by atoms with Gasteiger partial charge in [0.25, 0.3) is 0 Å². The number of carbonyl (C=O) groups is 2. The lowest BCUT2D eigenvalue weighted by molar-refractivity contribution is -0.143. The minimum atomic E-state index is -0.433. The van der Waals surface area contributed by atoms with E-state index in [2.05, 4.69) is 11.9 Å². The molecule has 5 heteroatoms. The summed E-state index contributed by atoms with van der Waals surface area (Å²) in [5, 5.41) is 2.88. The SMILES string of the molecule is C=CC[C@@H]1O[C@H](C)[C@H](NC(=O)/C=C\C(C)OC(C)=O)C=C1C. The standard InChI is InChI=1S/C17H25NO4/c1-6-7-16-11(2)10-15(13(4)22-16)18-17(20)9-8-12(3)21-14(5)19/h6,8-10,12-13,15-16H,1,7H2,2-5H3,(H,18,20)/b9-8-/t12?,13-,15-,16+/m1/s1. The van der Waals surface area contributed by atoms with Crippen LogP contribution in [0.15, 0.2) is 36.5 Å². The van der Waals surface area contributed by atoms with Gasteiger partial charge in [0, 0.05) is 13.0 Å². The highest BCUT2D eigenvalue weighted by molar-refractivity contribution is 5.88. The Morgan fingerprint density at radius 3 is 2.82 bits per heavy atom. The maximum atomic E-state index is 11.9. The molecule has 0 saturated carbocycles. The van der Waals surface area contributed by atoms with Crippen LogP contribution in [-0.4, -0.2) is 36.2 Å². The second-order valence-corrected chi connectivity index (χ2v) is 5.47. The molecule has 0 aromatic carbocycles. The number of carbonyl (C=O) groups excluding carboxylic acids is 2. The number of ether oxygens (including phenoxy) is 2. The van der Waals surface area contributed by atoms with E-state index in [1.807, 2.05) is 26.0 Å². The highest BCUT2D eigenvalue weighted by Gasteiger charge is 2.27. The van der Waals surface area contributed by atoms with E-state index in [1.165, 1.54) is 13.0 Å². The number of esters is 1. The normalized spacial score (nSPS) is 26.2. The summed E-state index contributed by atoms with van der Waals surface area (Å²) in [5.74, 6) is -0.621. The van der Waals surface area contributed by atoms with Crippen molar-refractivity contribution in [3.8, 4) is 0 Å². The number of hydrogen-bond acceptors (Lipinski definition) is 4. The molecule has 1 aliphatic heterocycles. The second kappa shape index (κ2) is 8.54. The molecule has 0 fully saturated rings. The number of hydrogen-bond donors (Lipinski definition) is 1. The minimum Gasteiger partial charge on any atom is -0.459 e. The second-order valence-electron chi connectivity index (χ2n) is 5.47. The molecule has 22 heavy (non-hydrogen) atoms. The van der Waals surface area contributed by atoms with Gasteiger partial charge in [0.2, 0.25) is 5.91 Å². The van der Waals surface area contributed by atoms with Crippen LogP contribution in [0.5, 0.6) is 0 Å². The van der Waals surface area contributed by atoms with Crippen LogP contribution < -0.4 is 5.32 Å². The van der Waals surface area contributed by atoms with Crippen LogP contribution in [0.3, 0.4) is 0 Å². The molecule has 0 radical (unpaired) electrons. The van der Waals surface area contributed by atoms with Gasteiger partial charge >= 0.3 is 5.97 Å². The molecular formula is C17H25NO4. The molecule has 0 aliphatic carbocycles. The highest BCUT2D eigenvalue weighted by Crippen LogP contribution is 2.22. The molecule has 1 amide bonds. The van der Waals surface area contributed by atoms with Gasteiger partial charge in [-0.3, -0.25) is 9.59 Å². The highest BCUT2D eigenvalue weighted by atomic mass is 16.5. The van der Waals surface area contributed by atoms with E-state index >= 15 is 0 Å². The molecule has 1 rings (SSSR count). The van der Waals surface area contributed by atoms with Gasteiger partial charge in [-0.25, -0.2) is 0 Å². The zero-order valence-electron chi connectivity index (χ0n) is 13.7. The quantitative estimate of drug-likeness (QED) is 0.464. The Morgan fingerprint density at radius 2 is 2.23 bits per heavy atom. The Morgan fingerprint density at radius 1 is 1.55 bits per heavy atom. The van der Waals surface area contributed by atoms with Crippen molar-refractivity contribution in [3.63, 3.8) is 0 Å². The number of rotatable bonds is 6. The zero-order valence-corrected chi connectivity index (χ0v) is 13.7. The van der Waals surface area contributed by atoms with E-state index in [0.29, 0.717) is 0 Å². The fraction of sp³-hybridized carbons (Fsp3) is 0.529. The summed E-state index contributed by atoms with van der Waals surface area (Å²) >= 11 is 0. The van der Waals surface area contributed by atoms with Gasteiger partial charge in [0.05, 0.1) is 18.2 Å². The summed E-state index contributed by atoms with van der Waals surface area (Å²) in [6.45, 7) is 10.7. The van der Waals surface area contributed by atoms with Crippen LogP contribution in [0.25, 0.3) is 0 Å². The van der Waals surface area contributed by atoms with Gasteiger partial charge in [-0.05, 0) is 38.8 Å². The van der Waals surface area contributed by atoms with Gasteiger partial charge in [0.1, 0.15) is 6.10 Å². The lowest BCUT2D eigenvalue weighted by Gasteiger charge is -2.33. The first-order valence-corrected chi connectivity index (χ1v) is 7.44. The van der Waals surface area contributed by atoms with E-state index in [4.69, 9.17) is 9.47 Å². The van der Waals surface area contributed by atoms with Crippen molar-refractivity contribution in [3.05, 3.63) is 36.5 Å². The Balaban J connectivity index is 2.59. The lowest BCUT2D eigenvalue weighted by Crippen LogP contribution is -2.46. The number of nitrogens with one attached hydrogen (secondary N) is 1. The van der Waals surface area contributed by atoms with Crippen molar-refractivity contribution in [1.29, 1.82) is 0 Å². The fourth-order valence-corrected chi connectivity index (χ4v) is 2.27. The monoisotopic (exact) mass is 307 g/mol. The van der Waals surface area contributed by atoms with Crippen molar-refractivity contribution >= 4 is 11.9 Å². The van der Waals surface area contributed by atoms with Crippen LogP contribution >= 0.6 is 0 Å². The first kappa shape index (κ1) is 18.2. The zero-order chi connectivity index (χ0) is 16.7. The molecule has 122 valence electrons. The van der Waals surface area contributed by atoms with Gasteiger partial charge in [0.15, 0.2) is 0 Å². The molecule has 1 unspecified atom stereocenters. The molecule has 0 spiro atoms. The Labute approximate surface area is 132 Å². The Kier molecular flexibility index (Phi) is 7.05. The van der Waals surface area contributed by atoms with Crippen LogP contribution in [-0.2, 0) is 19.1 Å². The molecule has 0 bridgehead atoms. The third-order valence-electron chi connectivity index (χ3n) is 3.40. The lowest BCUT2D eigenvalue weighted by atomic mass is 9.98. The summed E-state index contributed by atoms with van der Waals surface area (Å²) in [7, 11) is 0. The summed E-state index contributed by atoms with van der Waals surface area (Å²) in [6.07, 6.45) is 7.00. The van der Waals surface area contributed by atoms with Crippen molar-refractivity contribution in [2.75, 3.05) is 0 Å². The van der Waals surface area contributed by atoms with Crippen molar-refractivity contribution in [2.45, 2.75) is 58.5 Å².